The molecule has 0 bridgehead atoms. The van der Waals surface area contributed by atoms with Gasteiger partial charge in [0.25, 0.3) is 0 Å². The monoisotopic (exact) mass is 217 g/mol. The maximum absolute atomic E-state index is 5.53. The van der Waals surface area contributed by atoms with Crippen molar-refractivity contribution < 1.29 is 0 Å². The van der Waals surface area contributed by atoms with Crippen LogP contribution in [0.3, 0.4) is 0 Å². The minimum Gasteiger partial charge on any atom is -0.330 e. The Morgan fingerprint density at radius 2 is 2.19 bits per heavy atom. The molecule has 88 valence electrons. The molecule has 0 spiro atoms. The molecule has 0 aliphatic heterocycles. The fourth-order valence-electron chi connectivity index (χ4n) is 2.71. The van der Waals surface area contributed by atoms with E-state index in [0.717, 1.165) is 18.9 Å². The Labute approximate surface area is 99.0 Å². The lowest BCUT2D eigenvalue weighted by Gasteiger charge is -2.23. The quantitative estimate of drug-likeness (QED) is 0.768. The second-order valence-electron chi connectivity index (χ2n) is 5.07. The van der Waals surface area contributed by atoms with Crippen molar-refractivity contribution in [1.29, 1.82) is 0 Å². The Morgan fingerprint density at radius 1 is 1.31 bits per heavy atom. The van der Waals surface area contributed by atoms with E-state index in [-0.39, 0.29) is 0 Å². The van der Waals surface area contributed by atoms with Crippen LogP contribution in [0.15, 0.2) is 18.2 Å². The van der Waals surface area contributed by atoms with Gasteiger partial charge in [-0.05, 0) is 67.7 Å². The Morgan fingerprint density at radius 3 is 3.00 bits per heavy atom. The van der Waals surface area contributed by atoms with Crippen LogP contribution in [0.25, 0.3) is 0 Å². The molecule has 0 radical (unpaired) electrons. The van der Waals surface area contributed by atoms with Gasteiger partial charge >= 0.3 is 0 Å². The molecule has 1 aliphatic carbocycles. The zero-order valence-corrected chi connectivity index (χ0v) is 10.3. The molecule has 0 saturated carbocycles. The second-order valence-corrected chi connectivity index (χ2v) is 5.07. The SMILES string of the molecule is CC1CCCc2ccc(CCCCN)cc21. The van der Waals surface area contributed by atoms with Crippen molar-refractivity contribution in [3.63, 3.8) is 0 Å². The molecule has 16 heavy (non-hydrogen) atoms. The van der Waals surface area contributed by atoms with Gasteiger partial charge in [0, 0.05) is 0 Å². The van der Waals surface area contributed by atoms with Crippen molar-refractivity contribution in [2.45, 2.75) is 51.4 Å². The molecule has 1 nitrogen and oxygen atoms in total. The lowest BCUT2D eigenvalue weighted by molar-refractivity contribution is 0.589. The molecule has 1 unspecified atom stereocenters. The first-order chi connectivity index (χ1) is 7.81. The molecular formula is C15H23N. The molecule has 0 aromatic heterocycles. The lowest BCUT2D eigenvalue weighted by atomic mass is 9.83. The minimum atomic E-state index is 0.762. The van der Waals surface area contributed by atoms with Gasteiger partial charge in [-0.15, -0.1) is 0 Å². The number of benzene rings is 1. The molecule has 1 heteroatoms. The summed E-state index contributed by atoms with van der Waals surface area (Å²) in [6.45, 7) is 3.18. The van der Waals surface area contributed by atoms with E-state index >= 15 is 0 Å². The van der Waals surface area contributed by atoms with E-state index in [9.17, 15) is 0 Å². The highest BCUT2D eigenvalue weighted by Crippen LogP contribution is 2.31. The van der Waals surface area contributed by atoms with E-state index in [0.29, 0.717) is 0 Å². The average Bonchev–Trinajstić information content (AvgIpc) is 2.30. The molecule has 1 aromatic carbocycles. The van der Waals surface area contributed by atoms with Gasteiger partial charge in [0.2, 0.25) is 0 Å². The molecule has 1 aromatic rings. The summed E-state index contributed by atoms with van der Waals surface area (Å²) in [6.07, 6.45) is 7.57. The summed E-state index contributed by atoms with van der Waals surface area (Å²) in [5.41, 5.74) is 10.2. The molecule has 0 saturated heterocycles. The highest BCUT2D eigenvalue weighted by molar-refractivity contribution is 5.36. The van der Waals surface area contributed by atoms with Gasteiger partial charge in [0.15, 0.2) is 0 Å². The Kier molecular flexibility index (Phi) is 4.00. The normalized spacial score (nSPS) is 19.5. The number of aryl methyl sites for hydroxylation is 2. The summed E-state index contributed by atoms with van der Waals surface area (Å²) >= 11 is 0. The van der Waals surface area contributed by atoms with Crippen LogP contribution in [0.4, 0.5) is 0 Å². The van der Waals surface area contributed by atoms with Crippen LogP contribution in [0.5, 0.6) is 0 Å². The van der Waals surface area contributed by atoms with Gasteiger partial charge in [0.05, 0.1) is 0 Å². The molecule has 2 rings (SSSR count). The third kappa shape index (κ3) is 2.65. The van der Waals surface area contributed by atoms with Gasteiger partial charge in [-0.25, -0.2) is 0 Å². The number of nitrogens with two attached hydrogens (primary N) is 1. The van der Waals surface area contributed by atoms with Crippen LogP contribution in [-0.4, -0.2) is 6.54 Å². The highest BCUT2D eigenvalue weighted by Gasteiger charge is 2.16. The zero-order chi connectivity index (χ0) is 11.4. The number of fused-ring (bicyclic) bond motifs is 1. The summed E-state index contributed by atoms with van der Waals surface area (Å²) in [5.74, 6) is 0.762. The van der Waals surface area contributed by atoms with E-state index in [4.69, 9.17) is 5.73 Å². The van der Waals surface area contributed by atoms with Crippen molar-refractivity contribution in [2.75, 3.05) is 6.54 Å². The smallest absolute Gasteiger partial charge is 0.00772 e. The maximum atomic E-state index is 5.53. The topological polar surface area (TPSA) is 26.0 Å². The predicted octanol–water partition coefficient (Wildman–Crippen LogP) is 3.41. The predicted molar refractivity (Wildman–Crippen MR) is 69.8 cm³/mol. The van der Waals surface area contributed by atoms with E-state index in [1.807, 2.05) is 0 Å². The fraction of sp³-hybridized carbons (Fsp3) is 0.600. The average molecular weight is 217 g/mol. The van der Waals surface area contributed by atoms with Gasteiger partial charge in [-0.1, -0.05) is 25.1 Å². The third-order valence-electron chi connectivity index (χ3n) is 3.74. The van der Waals surface area contributed by atoms with Crippen LogP contribution >= 0.6 is 0 Å². The van der Waals surface area contributed by atoms with Crippen LogP contribution < -0.4 is 5.73 Å². The summed E-state index contributed by atoms with van der Waals surface area (Å²) in [5, 5.41) is 0. The summed E-state index contributed by atoms with van der Waals surface area (Å²) in [7, 11) is 0. The van der Waals surface area contributed by atoms with Crippen LogP contribution in [0.1, 0.15) is 55.2 Å². The molecule has 0 heterocycles. The Balaban J connectivity index is 2.08. The van der Waals surface area contributed by atoms with Crippen molar-refractivity contribution in [3.05, 3.63) is 34.9 Å². The van der Waals surface area contributed by atoms with Gasteiger partial charge in [0.1, 0.15) is 0 Å². The van der Waals surface area contributed by atoms with E-state index < -0.39 is 0 Å². The van der Waals surface area contributed by atoms with E-state index in [1.54, 1.807) is 11.1 Å². The summed E-state index contributed by atoms with van der Waals surface area (Å²) in [4.78, 5) is 0. The molecular weight excluding hydrogens is 194 g/mol. The highest BCUT2D eigenvalue weighted by atomic mass is 14.5. The van der Waals surface area contributed by atoms with Crippen LogP contribution in [-0.2, 0) is 12.8 Å². The van der Waals surface area contributed by atoms with E-state index in [1.165, 1.54) is 37.7 Å². The Hall–Kier alpha value is -0.820. The summed E-state index contributed by atoms with van der Waals surface area (Å²) in [6, 6.07) is 7.10. The molecule has 1 atom stereocenters. The van der Waals surface area contributed by atoms with Crippen LogP contribution in [0, 0.1) is 0 Å². The second kappa shape index (κ2) is 5.49. The number of hydrogen-bond donors (Lipinski definition) is 1. The molecule has 0 fully saturated rings. The molecule has 2 N–H and O–H groups in total. The standard InChI is InChI=1S/C15H23N/c1-12-5-4-7-14-9-8-13(11-15(12)14)6-2-3-10-16/h8-9,11-12H,2-7,10,16H2,1H3. The first-order valence-electron chi connectivity index (χ1n) is 6.63. The third-order valence-corrected chi connectivity index (χ3v) is 3.74. The Bertz CT molecular complexity index is 343. The van der Waals surface area contributed by atoms with E-state index in [2.05, 4.69) is 25.1 Å². The fourth-order valence-corrected chi connectivity index (χ4v) is 2.71. The largest absolute Gasteiger partial charge is 0.330 e. The van der Waals surface area contributed by atoms with Crippen molar-refractivity contribution in [2.24, 2.45) is 5.73 Å². The first-order valence-corrected chi connectivity index (χ1v) is 6.63. The summed E-state index contributed by atoms with van der Waals surface area (Å²) < 4.78 is 0. The van der Waals surface area contributed by atoms with Crippen LogP contribution in [0.2, 0.25) is 0 Å². The lowest BCUT2D eigenvalue weighted by Crippen LogP contribution is -2.07. The first kappa shape index (κ1) is 11.7. The number of rotatable bonds is 4. The van der Waals surface area contributed by atoms with Crippen molar-refractivity contribution in [1.82, 2.24) is 0 Å². The van der Waals surface area contributed by atoms with Crippen molar-refractivity contribution >= 4 is 0 Å². The zero-order valence-electron chi connectivity index (χ0n) is 10.3. The molecule has 0 amide bonds. The van der Waals surface area contributed by atoms with Crippen molar-refractivity contribution in [3.8, 4) is 0 Å². The number of hydrogen-bond acceptors (Lipinski definition) is 1. The van der Waals surface area contributed by atoms with Gasteiger partial charge in [-0.3, -0.25) is 0 Å². The minimum absolute atomic E-state index is 0.762. The van der Waals surface area contributed by atoms with Gasteiger partial charge in [-0.2, -0.15) is 0 Å². The maximum Gasteiger partial charge on any atom is -0.00772 e. The van der Waals surface area contributed by atoms with Gasteiger partial charge < -0.3 is 5.73 Å². The number of unbranched alkanes of at least 4 members (excludes halogenated alkanes) is 1. The molecule has 1 aliphatic rings.